The number of carbonyl (C=O) groups is 1. The van der Waals surface area contributed by atoms with Crippen LogP contribution in [0.25, 0.3) is 0 Å². The Kier molecular flexibility index (Phi) is 6.19. The molecule has 1 heterocycles. The summed E-state index contributed by atoms with van der Waals surface area (Å²) in [5.74, 6) is 0.383. The van der Waals surface area contributed by atoms with Gasteiger partial charge in [0, 0.05) is 13.1 Å². The third kappa shape index (κ3) is 7.59. The molecular formula is C13H21BN2O3. The van der Waals surface area contributed by atoms with Gasteiger partial charge in [-0.2, -0.15) is 0 Å². The molecule has 1 rings (SSSR count). The van der Waals surface area contributed by atoms with E-state index >= 15 is 0 Å². The van der Waals surface area contributed by atoms with Crippen molar-refractivity contribution in [3.05, 3.63) is 18.3 Å². The van der Waals surface area contributed by atoms with Crippen LogP contribution in [-0.2, 0) is 4.79 Å². The van der Waals surface area contributed by atoms with E-state index in [1.807, 2.05) is 0 Å². The zero-order chi connectivity index (χ0) is 15.3. The lowest BCUT2D eigenvalue weighted by Crippen LogP contribution is -2.44. The fourth-order valence-corrected chi connectivity index (χ4v) is 0.660. The first kappa shape index (κ1) is 17.6. The average molecular weight is 264 g/mol. The molecule has 3 N–H and O–H groups in total. The van der Waals surface area contributed by atoms with Crippen LogP contribution in [0, 0.1) is 0 Å². The summed E-state index contributed by atoms with van der Waals surface area (Å²) in [6.07, 6.45) is 1.49. The molecule has 0 aliphatic heterocycles. The third-order valence-corrected chi connectivity index (χ3v) is 2.59. The lowest BCUT2D eigenvalue weighted by molar-refractivity contribution is -0.114. The molecule has 1 aromatic heterocycles. The molecule has 6 heteroatoms. The molecule has 1 aromatic rings. The molecule has 0 saturated carbocycles. The van der Waals surface area contributed by atoms with Crippen molar-refractivity contribution in [3.63, 3.8) is 0 Å². The number of rotatable bonds is 2. The van der Waals surface area contributed by atoms with E-state index in [1.54, 1.807) is 39.8 Å². The number of aromatic nitrogens is 1. The highest BCUT2D eigenvalue weighted by atomic mass is 16.3. The predicted octanol–water partition coefficient (Wildman–Crippen LogP) is 0.362. The van der Waals surface area contributed by atoms with E-state index in [0.717, 1.165) is 0 Å². The number of hydrogen-bond acceptors (Lipinski definition) is 4. The number of anilines is 1. The van der Waals surface area contributed by atoms with Crippen molar-refractivity contribution in [2.75, 3.05) is 5.32 Å². The molecule has 0 saturated heterocycles. The number of amides is 1. The monoisotopic (exact) mass is 264 g/mol. The summed E-state index contributed by atoms with van der Waals surface area (Å²) in [5.41, 5.74) is -1.43. The molecule has 0 bridgehead atoms. The summed E-state index contributed by atoms with van der Waals surface area (Å²) in [5, 5.41) is 20.7. The Morgan fingerprint density at radius 3 is 1.95 bits per heavy atom. The van der Waals surface area contributed by atoms with Crippen molar-refractivity contribution in [1.29, 1.82) is 0 Å². The lowest BCUT2D eigenvalue weighted by Gasteiger charge is -2.31. The lowest BCUT2D eigenvalue weighted by atomic mass is 9.90. The second-order valence-electron chi connectivity index (χ2n) is 5.28. The SMILES string of the molecule is CC(C)(O)C(C)(C)O.[B]c1ccc(NC(C)=O)nc1. The van der Waals surface area contributed by atoms with Crippen LogP contribution in [0.15, 0.2) is 18.3 Å². The van der Waals surface area contributed by atoms with E-state index in [1.165, 1.54) is 13.1 Å². The maximum atomic E-state index is 10.5. The maximum absolute atomic E-state index is 10.5. The van der Waals surface area contributed by atoms with Gasteiger partial charge in [0.05, 0.1) is 11.2 Å². The van der Waals surface area contributed by atoms with Gasteiger partial charge in [0.1, 0.15) is 13.7 Å². The number of nitrogens with zero attached hydrogens (tertiary/aromatic N) is 1. The van der Waals surface area contributed by atoms with Gasteiger partial charge in [0.25, 0.3) is 0 Å². The fourth-order valence-electron chi connectivity index (χ4n) is 0.660. The van der Waals surface area contributed by atoms with Crippen molar-refractivity contribution < 1.29 is 15.0 Å². The third-order valence-electron chi connectivity index (χ3n) is 2.59. The molecule has 0 spiro atoms. The molecule has 0 aromatic carbocycles. The average Bonchev–Trinajstić information content (AvgIpc) is 2.18. The van der Waals surface area contributed by atoms with Crippen LogP contribution in [0.2, 0.25) is 0 Å². The van der Waals surface area contributed by atoms with Gasteiger partial charge in [-0.15, -0.1) is 0 Å². The molecule has 19 heavy (non-hydrogen) atoms. The Morgan fingerprint density at radius 2 is 1.68 bits per heavy atom. The first-order valence-electron chi connectivity index (χ1n) is 5.87. The Balaban J connectivity index is 0.000000362. The van der Waals surface area contributed by atoms with Gasteiger partial charge < -0.3 is 15.5 Å². The summed E-state index contributed by atoms with van der Waals surface area (Å²) in [6.45, 7) is 7.73. The highest BCUT2D eigenvalue weighted by Crippen LogP contribution is 2.19. The maximum Gasteiger partial charge on any atom is 0.222 e. The molecule has 5 nitrogen and oxygen atoms in total. The molecule has 2 radical (unpaired) electrons. The van der Waals surface area contributed by atoms with E-state index < -0.39 is 11.2 Å². The van der Waals surface area contributed by atoms with Crippen molar-refractivity contribution >= 4 is 25.0 Å². The molecule has 0 aliphatic rings. The minimum Gasteiger partial charge on any atom is -0.387 e. The molecule has 1 amide bonds. The zero-order valence-electron chi connectivity index (χ0n) is 12.1. The first-order valence-corrected chi connectivity index (χ1v) is 5.87. The van der Waals surface area contributed by atoms with E-state index in [-0.39, 0.29) is 5.91 Å². The van der Waals surface area contributed by atoms with Gasteiger partial charge in [0.2, 0.25) is 5.91 Å². The van der Waals surface area contributed by atoms with Crippen LogP contribution in [-0.4, -0.2) is 40.2 Å². The Morgan fingerprint density at radius 1 is 1.21 bits per heavy atom. The fraction of sp³-hybridized carbons (Fsp3) is 0.538. The van der Waals surface area contributed by atoms with E-state index in [4.69, 9.17) is 18.1 Å². The molecule has 0 atom stereocenters. The Bertz CT molecular complexity index is 393. The van der Waals surface area contributed by atoms with E-state index in [0.29, 0.717) is 11.3 Å². The smallest absolute Gasteiger partial charge is 0.222 e. The normalized spacial score (nSPS) is 11.3. The minimum absolute atomic E-state index is 0.137. The Hall–Kier alpha value is -1.40. The van der Waals surface area contributed by atoms with Gasteiger partial charge >= 0.3 is 0 Å². The molecular weight excluding hydrogens is 243 g/mol. The topological polar surface area (TPSA) is 82.5 Å². The summed E-state index contributed by atoms with van der Waals surface area (Å²) in [6, 6.07) is 3.33. The highest BCUT2D eigenvalue weighted by molar-refractivity contribution is 6.32. The van der Waals surface area contributed by atoms with Gasteiger partial charge in [-0.05, 0) is 33.8 Å². The van der Waals surface area contributed by atoms with Crippen molar-refractivity contribution in [1.82, 2.24) is 4.98 Å². The number of aliphatic hydroxyl groups is 2. The highest BCUT2D eigenvalue weighted by Gasteiger charge is 2.31. The van der Waals surface area contributed by atoms with E-state index in [9.17, 15) is 4.79 Å². The molecule has 0 unspecified atom stereocenters. The van der Waals surface area contributed by atoms with Crippen LogP contribution in [0.4, 0.5) is 5.82 Å². The number of nitrogens with one attached hydrogen (secondary N) is 1. The van der Waals surface area contributed by atoms with Crippen LogP contribution in [0.1, 0.15) is 34.6 Å². The predicted molar refractivity (Wildman–Crippen MR) is 76.5 cm³/mol. The molecule has 0 fully saturated rings. The van der Waals surface area contributed by atoms with Gasteiger partial charge in [-0.3, -0.25) is 4.79 Å². The van der Waals surface area contributed by atoms with Gasteiger partial charge in [0.15, 0.2) is 0 Å². The van der Waals surface area contributed by atoms with Crippen molar-refractivity contribution in [2.24, 2.45) is 0 Å². The number of hydrogen-bond donors (Lipinski definition) is 3. The minimum atomic E-state index is -1.01. The zero-order valence-corrected chi connectivity index (χ0v) is 12.1. The standard InChI is InChI=1S/C7H7BN2O.C6H14O2/c1-5(11)10-7-3-2-6(8)4-9-7;1-5(2,7)6(3,4)8/h2-4H,1H3,(H,9,10,11);7-8H,1-4H3. The number of carbonyl (C=O) groups excluding carboxylic acids is 1. The molecule has 0 aliphatic carbocycles. The van der Waals surface area contributed by atoms with Crippen molar-refractivity contribution in [3.8, 4) is 0 Å². The van der Waals surface area contributed by atoms with Gasteiger partial charge in [-0.1, -0.05) is 11.5 Å². The Labute approximate surface area is 115 Å². The summed E-state index contributed by atoms with van der Waals surface area (Å²) in [7, 11) is 5.38. The quantitative estimate of drug-likeness (QED) is 0.674. The first-order chi connectivity index (χ1) is 8.43. The van der Waals surface area contributed by atoms with Crippen LogP contribution < -0.4 is 10.8 Å². The van der Waals surface area contributed by atoms with E-state index in [2.05, 4.69) is 10.3 Å². The van der Waals surface area contributed by atoms with Crippen LogP contribution >= 0.6 is 0 Å². The van der Waals surface area contributed by atoms with Crippen LogP contribution in [0.5, 0.6) is 0 Å². The van der Waals surface area contributed by atoms with Crippen LogP contribution in [0.3, 0.4) is 0 Å². The van der Waals surface area contributed by atoms with Crippen molar-refractivity contribution in [2.45, 2.75) is 45.8 Å². The summed E-state index contributed by atoms with van der Waals surface area (Å²) in [4.78, 5) is 14.4. The second-order valence-corrected chi connectivity index (χ2v) is 5.28. The summed E-state index contributed by atoms with van der Waals surface area (Å²) >= 11 is 0. The van der Waals surface area contributed by atoms with Gasteiger partial charge in [-0.25, -0.2) is 4.98 Å². The summed E-state index contributed by atoms with van der Waals surface area (Å²) < 4.78 is 0. The second kappa shape index (κ2) is 6.68. The number of pyridine rings is 1. The largest absolute Gasteiger partial charge is 0.387 e. The molecule has 104 valence electrons.